The van der Waals surface area contributed by atoms with Gasteiger partial charge in [-0.1, -0.05) is 0 Å². The van der Waals surface area contributed by atoms with Crippen molar-refractivity contribution in [2.24, 2.45) is 0 Å². The summed E-state index contributed by atoms with van der Waals surface area (Å²) in [5.41, 5.74) is 0.572. The zero-order valence-corrected chi connectivity index (χ0v) is 11.4. The highest BCUT2D eigenvalue weighted by Crippen LogP contribution is 2.22. The third-order valence-electron chi connectivity index (χ3n) is 2.99. The number of rotatable bonds is 6. The molecule has 0 aliphatic heterocycles. The zero-order chi connectivity index (χ0) is 14.4. The quantitative estimate of drug-likeness (QED) is 0.628. The molecule has 0 aromatic heterocycles. The van der Waals surface area contributed by atoms with Crippen LogP contribution in [0.15, 0.2) is 18.2 Å². The van der Waals surface area contributed by atoms with Crippen molar-refractivity contribution >= 4 is 11.4 Å². The van der Waals surface area contributed by atoms with Gasteiger partial charge in [-0.15, -0.1) is 0 Å². The molecular weight excluding hydrogens is 244 g/mol. The number of nitro benzene ring substituents is 1. The molecule has 102 valence electrons. The molecule has 0 atom stereocenters. The summed E-state index contributed by atoms with van der Waals surface area (Å²) in [6, 6.07) is 6.81. The van der Waals surface area contributed by atoms with Crippen molar-refractivity contribution < 1.29 is 4.92 Å². The van der Waals surface area contributed by atoms with E-state index in [-0.39, 0.29) is 11.3 Å². The second-order valence-corrected chi connectivity index (χ2v) is 4.60. The first-order valence-electron chi connectivity index (χ1n) is 6.08. The fourth-order valence-electron chi connectivity index (χ4n) is 1.52. The van der Waals surface area contributed by atoms with E-state index in [0.717, 1.165) is 6.54 Å². The maximum Gasteiger partial charge on any atom is 0.289 e. The Morgan fingerprint density at radius 3 is 2.74 bits per heavy atom. The Balaban J connectivity index is 2.68. The summed E-state index contributed by atoms with van der Waals surface area (Å²) in [6.07, 6.45) is 0. The predicted octanol–water partition coefficient (Wildman–Crippen LogP) is 2.22. The normalized spacial score (nSPS) is 10.5. The van der Waals surface area contributed by atoms with E-state index in [2.05, 4.69) is 24.1 Å². The van der Waals surface area contributed by atoms with Crippen molar-refractivity contribution in [2.45, 2.75) is 19.9 Å². The highest BCUT2D eigenvalue weighted by Gasteiger charge is 2.14. The van der Waals surface area contributed by atoms with Crippen LogP contribution in [0.1, 0.15) is 19.4 Å². The molecule has 0 unspecified atom stereocenters. The largest absolute Gasteiger partial charge is 0.384 e. The Morgan fingerprint density at radius 2 is 2.21 bits per heavy atom. The van der Waals surface area contributed by atoms with Crippen molar-refractivity contribution in [3.63, 3.8) is 0 Å². The van der Waals surface area contributed by atoms with E-state index in [4.69, 9.17) is 5.26 Å². The van der Waals surface area contributed by atoms with Crippen LogP contribution in [0.3, 0.4) is 0 Å². The molecule has 1 aromatic rings. The third kappa shape index (κ3) is 4.23. The minimum atomic E-state index is -0.538. The molecule has 1 rings (SSSR count). The molecule has 0 saturated carbocycles. The second-order valence-electron chi connectivity index (χ2n) is 4.60. The summed E-state index contributed by atoms with van der Waals surface area (Å²) in [7, 11) is 2.02. The minimum Gasteiger partial charge on any atom is -0.384 e. The molecule has 0 amide bonds. The summed E-state index contributed by atoms with van der Waals surface area (Å²) in [6.45, 7) is 5.74. The first-order chi connectivity index (χ1) is 8.95. The van der Waals surface area contributed by atoms with E-state index in [1.807, 2.05) is 13.1 Å². The van der Waals surface area contributed by atoms with Gasteiger partial charge in [0.1, 0.15) is 11.6 Å². The molecule has 0 fully saturated rings. The van der Waals surface area contributed by atoms with Crippen molar-refractivity contribution in [2.75, 3.05) is 25.5 Å². The Bertz CT molecular complexity index is 494. The molecule has 0 bridgehead atoms. The SMILES string of the molecule is CC(C)N(C)CCNc1ccc(C#N)c([N+](=O)[O-])c1. The van der Waals surface area contributed by atoms with Crippen molar-refractivity contribution in [3.05, 3.63) is 33.9 Å². The highest BCUT2D eigenvalue weighted by molar-refractivity contribution is 5.59. The molecule has 6 nitrogen and oxygen atoms in total. The van der Waals surface area contributed by atoms with Gasteiger partial charge in [0.25, 0.3) is 5.69 Å². The predicted molar refractivity (Wildman–Crippen MR) is 74.1 cm³/mol. The molecule has 6 heteroatoms. The summed E-state index contributed by atoms with van der Waals surface area (Å²) < 4.78 is 0. The first kappa shape index (κ1) is 14.9. The van der Waals surface area contributed by atoms with Gasteiger partial charge in [-0.3, -0.25) is 10.1 Å². The van der Waals surface area contributed by atoms with E-state index in [1.54, 1.807) is 6.07 Å². The number of hydrogen-bond acceptors (Lipinski definition) is 5. The summed E-state index contributed by atoms with van der Waals surface area (Å²) in [5, 5.41) is 22.7. The van der Waals surface area contributed by atoms with Crippen LogP contribution in [0.25, 0.3) is 0 Å². The standard InChI is InChI=1S/C13H18N4O2/c1-10(2)16(3)7-6-15-12-5-4-11(9-14)13(8-12)17(18)19/h4-5,8,10,15H,6-7H2,1-3H3. The van der Waals surface area contributed by atoms with Crippen LogP contribution in [0.5, 0.6) is 0 Å². The van der Waals surface area contributed by atoms with Crippen LogP contribution in [0, 0.1) is 21.4 Å². The molecule has 1 aromatic carbocycles. The molecule has 0 saturated heterocycles. The van der Waals surface area contributed by atoms with Crippen LogP contribution < -0.4 is 5.32 Å². The lowest BCUT2D eigenvalue weighted by atomic mass is 10.2. The van der Waals surface area contributed by atoms with Gasteiger partial charge >= 0.3 is 0 Å². The molecule has 0 aliphatic rings. The molecule has 0 aliphatic carbocycles. The number of anilines is 1. The second kappa shape index (κ2) is 6.71. The minimum absolute atomic E-state index is 0.0786. The van der Waals surface area contributed by atoms with Gasteiger partial charge in [-0.2, -0.15) is 5.26 Å². The van der Waals surface area contributed by atoms with Gasteiger partial charge in [0.05, 0.1) is 4.92 Å². The summed E-state index contributed by atoms with van der Waals surface area (Å²) in [5.74, 6) is 0. The Labute approximate surface area is 112 Å². The van der Waals surface area contributed by atoms with Gasteiger partial charge in [0, 0.05) is 30.9 Å². The third-order valence-corrected chi connectivity index (χ3v) is 2.99. The van der Waals surface area contributed by atoms with Crippen LogP contribution in [-0.4, -0.2) is 36.0 Å². The molecule has 1 N–H and O–H groups in total. The first-order valence-corrected chi connectivity index (χ1v) is 6.08. The van der Waals surface area contributed by atoms with E-state index < -0.39 is 4.92 Å². The summed E-state index contributed by atoms with van der Waals surface area (Å²) >= 11 is 0. The average Bonchev–Trinajstić information content (AvgIpc) is 2.38. The van der Waals surface area contributed by atoms with Gasteiger partial charge in [-0.05, 0) is 33.0 Å². The van der Waals surface area contributed by atoms with Crippen molar-refractivity contribution in [3.8, 4) is 6.07 Å². The van der Waals surface area contributed by atoms with Crippen LogP contribution in [0.2, 0.25) is 0 Å². The van der Waals surface area contributed by atoms with Crippen LogP contribution in [-0.2, 0) is 0 Å². The number of nitrogens with one attached hydrogen (secondary N) is 1. The molecule has 0 heterocycles. The topological polar surface area (TPSA) is 82.2 Å². The van der Waals surface area contributed by atoms with E-state index in [1.165, 1.54) is 12.1 Å². The molecule has 0 radical (unpaired) electrons. The number of likely N-dealkylation sites (N-methyl/N-ethyl adjacent to an activating group) is 1. The highest BCUT2D eigenvalue weighted by atomic mass is 16.6. The summed E-state index contributed by atoms with van der Waals surface area (Å²) in [4.78, 5) is 12.5. The zero-order valence-electron chi connectivity index (χ0n) is 11.4. The maximum absolute atomic E-state index is 10.8. The lowest BCUT2D eigenvalue weighted by Crippen LogP contribution is -2.31. The Morgan fingerprint density at radius 1 is 1.53 bits per heavy atom. The number of nitrogens with zero attached hydrogens (tertiary/aromatic N) is 3. The smallest absolute Gasteiger partial charge is 0.289 e. The van der Waals surface area contributed by atoms with E-state index in [9.17, 15) is 10.1 Å². The number of hydrogen-bond donors (Lipinski definition) is 1. The van der Waals surface area contributed by atoms with Crippen LogP contribution >= 0.6 is 0 Å². The van der Waals surface area contributed by atoms with Gasteiger partial charge < -0.3 is 10.2 Å². The van der Waals surface area contributed by atoms with E-state index in [0.29, 0.717) is 18.3 Å². The fraction of sp³-hybridized carbons (Fsp3) is 0.462. The van der Waals surface area contributed by atoms with E-state index >= 15 is 0 Å². The molecule has 19 heavy (non-hydrogen) atoms. The van der Waals surface area contributed by atoms with Gasteiger partial charge in [0.15, 0.2) is 0 Å². The van der Waals surface area contributed by atoms with Gasteiger partial charge in [-0.25, -0.2) is 0 Å². The Kier molecular flexibility index (Phi) is 5.27. The van der Waals surface area contributed by atoms with Crippen molar-refractivity contribution in [1.82, 2.24) is 4.90 Å². The lowest BCUT2D eigenvalue weighted by molar-refractivity contribution is -0.385. The average molecular weight is 262 g/mol. The maximum atomic E-state index is 10.8. The Hall–Kier alpha value is -2.13. The monoisotopic (exact) mass is 262 g/mol. The fourth-order valence-corrected chi connectivity index (χ4v) is 1.52. The van der Waals surface area contributed by atoms with Gasteiger partial charge in [0.2, 0.25) is 0 Å². The molecule has 0 spiro atoms. The molecular formula is C13H18N4O2. The number of nitro groups is 1. The van der Waals surface area contributed by atoms with Crippen LogP contribution in [0.4, 0.5) is 11.4 Å². The number of benzene rings is 1. The lowest BCUT2D eigenvalue weighted by Gasteiger charge is -2.21. The van der Waals surface area contributed by atoms with Crippen molar-refractivity contribution in [1.29, 1.82) is 5.26 Å². The number of nitriles is 1.